The van der Waals surface area contributed by atoms with Gasteiger partial charge in [-0.2, -0.15) is 0 Å². The minimum Gasteiger partial charge on any atom is -0.468 e. The van der Waals surface area contributed by atoms with Crippen LogP contribution in [0.1, 0.15) is 57.6 Å². The summed E-state index contributed by atoms with van der Waals surface area (Å²) in [4.78, 5) is 43.0. The van der Waals surface area contributed by atoms with Crippen LogP contribution in [0, 0.1) is 23.2 Å². The lowest BCUT2D eigenvalue weighted by molar-refractivity contribution is -0.275. The van der Waals surface area contributed by atoms with Gasteiger partial charge in [-0.15, -0.1) is 26.3 Å². The van der Waals surface area contributed by atoms with Gasteiger partial charge in [0.25, 0.3) is 0 Å². The van der Waals surface area contributed by atoms with Crippen molar-refractivity contribution in [3.8, 4) is 11.5 Å². The Morgan fingerprint density at radius 1 is 0.783 bits per heavy atom. The molecule has 0 bridgehead atoms. The van der Waals surface area contributed by atoms with E-state index in [1.165, 1.54) is 29.2 Å². The Bertz CT molecular complexity index is 1400. The van der Waals surface area contributed by atoms with Crippen molar-refractivity contribution in [2.75, 3.05) is 7.11 Å². The van der Waals surface area contributed by atoms with Gasteiger partial charge in [0.05, 0.1) is 24.5 Å². The molecule has 3 fully saturated rings. The monoisotopic (exact) mass is 656 g/mol. The number of fused-ring (bicyclic) bond motifs is 1. The van der Waals surface area contributed by atoms with Crippen molar-refractivity contribution in [2.45, 2.75) is 76.8 Å². The lowest BCUT2D eigenvalue weighted by atomic mass is 9.71. The summed E-state index contributed by atoms with van der Waals surface area (Å²) in [6.07, 6.45) is -7.33. The minimum absolute atomic E-state index is 0.0273. The molecule has 14 heteroatoms. The SMILES string of the molecule is COC(=O)[C@@H]1NC(c2ccc(OC(F)(F)F)cc2)(c2ccc(OC(F)(F)F)cc2)[C@@H]2C(=O)N(C3CCC(C(C)(C)C)CC3)C(=O)[C@@H]21. The highest BCUT2D eigenvalue weighted by molar-refractivity contribution is 6.09. The van der Waals surface area contributed by atoms with Crippen molar-refractivity contribution in [1.82, 2.24) is 10.2 Å². The van der Waals surface area contributed by atoms with E-state index < -0.39 is 71.5 Å². The number of halogens is 6. The molecule has 1 N–H and O–H groups in total. The molecule has 5 rings (SSSR count). The summed E-state index contributed by atoms with van der Waals surface area (Å²) < 4.78 is 90.6. The van der Waals surface area contributed by atoms with Gasteiger partial charge in [0.2, 0.25) is 11.8 Å². The van der Waals surface area contributed by atoms with Gasteiger partial charge in [-0.05, 0) is 72.4 Å². The van der Waals surface area contributed by atoms with Gasteiger partial charge < -0.3 is 14.2 Å². The quantitative estimate of drug-likeness (QED) is 0.229. The zero-order valence-electron chi connectivity index (χ0n) is 25.5. The Morgan fingerprint density at radius 3 is 1.63 bits per heavy atom. The van der Waals surface area contributed by atoms with E-state index in [2.05, 4.69) is 35.6 Å². The summed E-state index contributed by atoms with van der Waals surface area (Å²) in [6, 6.07) is 7.26. The van der Waals surface area contributed by atoms with Crippen molar-refractivity contribution in [2.24, 2.45) is 23.2 Å². The van der Waals surface area contributed by atoms with E-state index in [1.54, 1.807) is 0 Å². The molecule has 46 heavy (non-hydrogen) atoms. The number of hydrogen-bond acceptors (Lipinski definition) is 7. The molecule has 1 aliphatic carbocycles. The molecule has 2 amide bonds. The number of imide groups is 1. The first-order valence-corrected chi connectivity index (χ1v) is 14.8. The number of methoxy groups -OCH3 is 1. The number of esters is 1. The molecule has 2 saturated heterocycles. The van der Waals surface area contributed by atoms with Gasteiger partial charge in [-0.25, -0.2) is 0 Å². The van der Waals surface area contributed by atoms with Crippen molar-refractivity contribution in [3.05, 3.63) is 59.7 Å². The summed E-state index contributed by atoms with van der Waals surface area (Å²) in [5, 5.41) is 3.07. The number of carbonyl (C=O) groups excluding carboxylic acids is 3. The third kappa shape index (κ3) is 6.27. The van der Waals surface area contributed by atoms with Crippen LogP contribution in [-0.4, -0.2) is 54.6 Å². The van der Waals surface area contributed by atoms with Gasteiger partial charge in [0.1, 0.15) is 17.5 Å². The summed E-state index contributed by atoms with van der Waals surface area (Å²) in [5.41, 5.74) is -1.37. The van der Waals surface area contributed by atoms with Crippen LogP contribution in [0.2, 0.25) is 0 Å². The van der Waals surface area contributed by atoms with E-state index in [1.807, 2.05) is 0 Å². The molecule has 0 spiro atoms. The molecule has 0 aromatic heterocycles. The van der Waals surface area contributed by atoms with Crippen LogP contribution in [-0.2, 0) is 24.7 Å². The molecule has 8 nitrogen and oxygen atoms in total. The lowest BCUT2D eigenvalue weighted by Gasteiger charge is -2.41. The molecular weight excluding hydrogens is 622 g/mol. The zero-order valence-corrected chi connectivity index (χ0v) is 25.5. The number of nitrogens with one attached hydrogen (secondary N) is 1. The van der Waals surface area contributed by atoms with Gasteiger partial charge in [0, 0.05) is 6.04 Å². The molecule has 250 valence electrons. The number of carbonyl (C=O) groups is 3. The smallest absolute Gasteiger partial charge is 0.468 e. The molecule has 2 aliphatic heterocycles. The molecule has 3 atom stereocenters. The van der Waals surface area contributed by atoms with Crippen molar-refractivity contribution in [1.29, 1.82) is 0 Å². The van der Waals surface area contributed by atoms with Gasteiger partial charge >= 0.3 is 18.7 Å². The molecular formula is C32H34F6N2O6. The number of ether oxygens (including phenoxy) is 3. The number of amides is 2. The lowest BCUT2D eigenvalue weighted by Crippen LogP contribution is -2.53. The van der Waals surface area contributed by atoms with Gasteiger partial charge in [-0.3, -0.25) is 24.6 Å². The number of hydrogen-bond donors (Lipinski definition) is 1. The third-order valence-corrected chi connectivity index (χ3v) is 9.42. The van der Waals surface area contributed by atoms with E-state index in [-0.39, 0.29) is 16.5 Å². The number of nitrogens with zero attached hydrogens (tertiary/aromatic N) is 1. The van der Waals surface area contributed by atoms with E-state index in [0.29, 0.717) is 18.8 Å². The van der Waals surface area contributed by atoms with Crippen LogP contribution in [0.15, 0.2) is 48.5 Å². The zero-order chi connectivity index (χ0) is 33.8. The highest BCUT2D eigenvalue weighted by atomic mass is 19.4. The van der Waals surface area contributed by atoms with Crippen LogP contribution in [0.4, 0.5) is 26.3 Å². The fourth-order valence-electron chi connectivity index (χ4n) is 7.35. The summed E-state index contributed by atoms with van der Waals surface area (Å²) in [7, 11) is 1.11. The van der Waals surface area contributed by atoms with E-state index >= 15 is 0 Å². The van der Waals surface area contributed by atoms with Crippen LogP contribution in [0.3, 0.4) is 0 Å². The standard InChI is InChI=1S/C32H34F6N2O6/c1-29(2,3)17-5-11-20(12-6-17)40-26(41)23-24(27(40)42)30(39-25(23)28(43)44-4,18-7-13-21(14-8-18)45-31(33,34)35)19-9-15-22(16-10-19)46-32(36,37)38/h7-10,13-17,20,23-25,39H,5-6,11-12H2,1-4H3/t17?,20?,23-,24-,25+/m0/s1. The Labute approximate surface area is 261 Å². The number of alkyl halides is 6. The largest absolute Gasteiger partial charge is 0.573 e. The maximum Gasteiger partial charge on any atom is 0.573 e. The molecule has 1 saturated carbocycles. The van der Waals surface area contributed by atoms with Gasteiger partial charge in [0.15, 0.2) is 0 Å². The maximum atomic E-state index is 14.5. The fraction of sp³-hybridized carbons (Fsp3) is 0.531. The fourth-order valence-corrected chi connectivity index (χ4v) is 7.35. The van der Waals surface area contributed by atoms with Crippen LogP contribution in [0.5, 0.6) is 11.5 Å². The van der Waals surface area contributed by atoms with Gasteiger partial charge in [-0.1, -0.05) is 45.0 Å². The molecule has 2 heterocycles. The van der Waals surface area contributed by atoms with Crippen LogP contribution < -0.4 is 14.8 Å². The molecule has 2 aromatic carbocycles. The van der Waals surface area contributed by atoms with Crippen molar-refractivity contribution >= 4 is 17.8 Å². The minimum atomic E-state index is -4.99. The number of rotatable bonds is 6. The van der Waals surface area contributed by atoms with E-state index in [4.69, 9.17) is 4.74 Å². The summed E-state index contributed by atoms with van der Waals surface area (Å²) in [5.74, 6) is -5.37. The Balaban J connectivity index is 1.62. The first kappa shape index (κ1) is 33.6. The number of benzene rings is 2. The Kier molecular flexibility index (Phi) is 8.58. The Morgan fingerprint density at radius 2 is 1.24 bits per heavy atom. The molecule has 3 aliphatic rings. The summed E-state index contributed by atoms with van der Waals surface area (Å²) >= 11 is 0. The highest BCUT2D eigenvalue weighted by Gasteiger charge is 2.69. The first-order valence-electron chi connectivity index (χ1n) is 14.8. The topological polar surface area (TPSA) is 94.2 Å². The second-order valence-corrected chi connectivity index (χ2v) is 13.0. The van der Waals surface area contributed by atoms with Crippen molar-refractivity contribution in [3.63, 3.8) is 0 Å². The van der Waals surface area contributed by atoms with E-state index in [0.717, 1.165) is 44.2 Å². The average molecular weight is 657 g/mol. The maximum absolute atomic E-state index is 14.5. The predicted octanol–water partition coefficient (Wildman–Crippen LogP) is 6.08. The average Bonchev–Trinajstić information content (AvgIpc) is 3.45. The second kappa shape index (κ2) is 11.8. The predicted molar refractivity (Wildman–Crippen MR) is 150 cm³/mol. The van der Waals surface area contributed by atoms with Crippen LogP contribution in [0.25, 0.3) is 0 Å². The Hall–Kier alpha value is -3.81. The second-order valence-electron chi connectivity index (χ2n) is 13.0. The van der Waals surface area contributed by atoms with Crippen LogP contribution >= 0.6 is 0 Å². The normalized spacial score (nSPS) is 26.6. The first-order chi connectivity index (χ1) is 21.4. The highest BCUT2D eigenvalue weighted by Crippen LogP contribution is 2.53. The van der Waals surface area contributed by atoms with Crippen molar-refractivity contribution < 1.29 is 54.9 Å². The molecule has 0 unspecified atom stereocenters. The molecule has 2 aromatic rings. The van der Waals surface area contributed by atoms with E-state index in [9.17, 15) is 40.7 Å². The number of likely N-dealkylation sites (tertiary alicyclic amines) is 1. The summed E-state index contributed by atoms with van der Waals surface area (Å²) in [6.45, 7) is 6.39. The molecule has 0 radical (unpaired) electrons. The third-order valence-electron chi connectivity index (χ3n) is 9.42.